The first-order chi connectivity index (χ1) is 16.1. The van der Waals surface area contributed by atoms with Crippen molar-refractivity contribution in [3.05, 3.63) is 112 Å². The van der Waals surface area contributed by atoms with Crippen LogP contribution in [0.15, 0.2) is 88.7 Å². The third-order valence-electron chi connectivity index (χ3n) is 6.61. The Hall–Kier alpha value is -3.57. The SMILES string of the molecule is Cc1nn(-c2ccccc2)c2c1[C@H](c1ccc(Cl)cc1)C1=C(C[C@H](c3ccco3)CC1=O)N2. The summed E-state index contributed by atoms with van der Waals surface area (Å²) < 4.78 is 7.60. The molecule has 0 radical (unpaired) electrons. The Balaban J connectivity index is 1.54. The molecule has 1 aliphatic carbocycles. The lowest BCUT2D eigenvalue weighted by Gasteiger charge is -2.35. The van der Waals surface area contributed by atoms with Gasteiger partial charge in [-0.25, -0.2) is 4.68 Å². The Labute approximate surface area is 196 Å². The highest BCUT2D eigenvalue weighted by molar-refractivity contribution is 6.30. The maximum absolute atomic E-state index is 13.6. The Morgan fingerprint density at radius 1 is 1.03 bits per heavy atom. The van der Waals surface area contributed by atoms with Crippen LogP contribution in [-0.2, 0) is 4.79 Å². The van der Waals surface area contributed by atoms with E-state index in [0.717, 1.165) is 45.4 Å². The summed E-state index contributed by atoms with van der Waals surface area (Å²) in [5.41, 5.74) is 5.70. The number of ketones is 1. The smallest absolute Gasteiger partial charge is 0.162 e. The predicted octanol–water partition coefficient (Wildman–Crippen LogP) is 6.39. The van der Waals surface area contributed by atoms with Gasteiger partial charge in [0.1, 0.15) is 11.6 Å². The number of hydrogen-bond acceptors (Lipinski definition) is 4. The number of nitrogens with one attached hydrogen (secondary N) is 1. The third kappa shape index (κ3) is 3.31. The second kappa shape index (κ2) is 7.78. The fourth-order valence-corrected chi connectivity index (χ4v) is 5.27. The van der Waals surface area contributed by atoms with Gasteiger partial charge in [0.25, 0.3) is 0 Å². The molecule has 0 fully saturated rings. The molecule has 1 aliphatic heterocycles. The zero-order chi connectivity index (χ0) is 22.5. The number of rotatable bonds is 3. The van der Waals surface area contributed by atoms with Gasteiger partial charge in [0, 0.05) is 40.1 Å². The van der Waals surface area contributed by atoms with Crippen LogP contribution in [0.5, 0.6) is 0 Å². The number of aromatic nitrogens is 2. The Morgan fingerprint density at radius 2 is 1.82 bits per heavy atom. The van der Waals surface area contributed by atoms with E-state index in [1.54, 1.807) is 6.26 Å². The van der Waals surface area contributed by atoms with E-state index in [1.165, 1.54) is 0 Å². The first-order valence-corrected chi connectivity index (χ1v) is 11.4. The average molecular weight is 456 g/mol. The van der Waals surface area contributed by atoms with Crippen LogP contribution in [0.3, 0.4) is 0 Å². The van der Waals surface area contributed by atoms with Crippen LogP contribution in [0.1, 0.15) is 47.3 Å². The van der Waals surface area contributed by atoms with Gasteiger partial charge in [-0.2, -0.15) is 5.10 Å². The lowest BCUT2D eigenvalue weighted by atomic mass is 9.73. The molecule has 1 N–H and O–H groups in total. The number of carbonyl (C=O) groups excluding carboxylic acids is 1. The van der Waals surface area contributed by atoms with Crippen molar-refractivity contribution in [3.8, 4) is 5.69 Å². The number of para-hydroxylation sites is 1. The molecule has 2 atom stereocenters. The van der Waals surface area contributed by atoms with Crippen molar-refractivity contribution in [3.63, 3.8) is 0 Å². The fourth-order valence-electron chi connectivity index (χ4n) is 5.15. The average Bonchev–Trinajstić information content (AvgIpc) is 3.48. The molecular weight excluding hydrogens is 434 g/mol. The van der Waals surface area contributed by atoms with E-state index >= 15 is 0 Å². The van der Waals surface area contributed by atoms with Crippen LogP contribution in [-0.4, -0.2) is 15.6 Å². The molecule has 0 amide bonds. The minimum absolute atomic E-state index is 0.0142. The highest BCUT2D eigenvalue weighted by Crippen LogP contribution is 2.49. The van der Waals surface area contributed by atoms with Crippen LogP contribution in [0.25, 0.3) is 5.69 Å². The van der Waals surface area contributed by atoms with Gasteiger partial charge in [-0.15, -0.1) is 0 Å². The summed E-state index contributed by atoms with van der Waals surface area (Å²) in [6, 6.07) is 21.7. The molecule has 0 saturated heterocycles. The summed E-state index contributed by atoms with van der Waals surface area (Å²) in [5.74, 6) is 1.71. The fraction of sp³-hybridized carbons (Fsp3) is 0.185. The summed E-state index contributed by atoms with van der Waals surface area (Å²) in [4.78, 5) is 13.6. The summed E-state index contributed by atoms with van der Waals surface area (Å²) >= 11 is 6.19. The topological polar surface area (TPSA) is 60.1 Å². The number of Topliss-reactive ketones (excluding diaryl/α,β-unsaturated/α-hetero) is 1. The first kappa shape index (κ1) is 20.1. The number of benzene rings is 2. The van der Waals surface area contributed by atoms with Crippen LogP contribution >= 0.6 is 11.6 Å². The van der Waals surface area contributed by atoms with E-state index < -0.39 is 0 Å². The molecule has 2 aromatic carbocycles. The van der Waals surface area contributed by atoms with E-state index in [2.05, 4.69) is 5.32 Å². The van der Waals surface area contributed by atoms with Gasteiger partial charge >= 0.3 is 0 Å². The summed E-state index contributed by atoms with van der Waals surface area (Å²) in [6.07, 6.45) is 2.80. The van der Waals surface area contributed by atoms with E-state index in [-0.39, 0.29) is 17.6 Å². The number of carbonyl (C=O) groups is 1. The third-order valence-corrected chi connectivity index (χ3v) is 6.86. The van der Waals surface area contributed by atoms with Gasteiger partial charge in [0.2, 0.25) is 0 Å². The van der Waals surface area contributed by atoms with Crippen molar-refractivity contribution in [2.75, 3.05) is 5.32 Å². The minimum atomic E-state index is -0.198. The molecular formula is C27H22ClN3O2. The molecule has 5 nitrogen and oxygen atoms in total. The summed E-state index contributed by atoms with van der Waals surface area (Å²) in [6.45, 7) is 2.01. The van der Waals surface area contributed by atoms with Crippen molar-refractivity contribution in [2.45, 2.75) is 31.6 Å². The first-order valence-electron chi connectivity index (χ1n) is 11.1. The molecule has 4 aromatic rings. The van der Waals surface area contributed by atoms with Crippen LogP contribution in [0.4, 0.5) is 5.82 Å². The van der Waals surface area contributed by atoms with Gasteiger partial charge in [0.05, 0.1) is 17.6 Å². The van der Waals surface area contributed by atoms with Crippen molar-refractivity contribution in [2.24, 2.45) is 0 Å². The zero-order valence-electron chi connectivity index (χ0n) is 18.1. The van der Waals surface area contributed by atoms with E-state index in [0.29, 0.717) is 17.9 Å². The summed E-state index contributed by atoms with van der Waals surface area (Å²) in [7, 11) is 0. The normalized spacial score (nSPS) is 19.8. The highest BCUT2D eigenvalue weighted by Gasteiger charge is 2.41. The molecule has 2 aliphatic rings. The lowest BCUT2D eigenvalue weighted by molar-refractivity contribution is -0.116. The zero-order valence-corrected chi connectivity index (χ0v) is 18.8. The van der Waals surface area contributed by atoms with Gasteiger partial charge < -0.3 is 9.73 Å². The maximum Gasteiger partial charge on any atom is 0.162 e. The molecule has 3 heterocycles. The number of nitrogens with zero attached hydrogens (tertiary/aromatic N) is 2. The molecule has 164 valence electrons. The molecule has 0 saturated carbocycles. The molecule has 6 heteroatoms. The molecule has 6 rings (SSSR count). The lowest BCUT2D eigenvalue weighted by Crippen LogP contribution is -2.30. The second-order valence-electron chi connectivity index (χ2n) is 8.64. The van der Waals surface area contributed by atoms with Crippen LogP contribution in [0.2, 0.25) is 5.02 Å². The molecule has 0 bridgehead atoms. The minimum Gasteiger partial charge on any atom is -0.469 e. The van der Waals surface area contributed by atoms with Crippen molar-refractivity contribution >= 4 is 23.2 Å². The number of halogens is 1. The Bertz CT molecular complexity index is 1370. The van der Waals surface area contributed by atoms with Gasteiger partial charge in [0.15, 0.2) is 5.78 Å². The highest BCUT2D eigenvalue weighted by atomic mass is 35.5. The molecule has 0 unspecified atom stereocenters. The standard InChI is InChI=1S/C27H22ClN3O2/c1-16-24-25(17-9-11-19(28)12-10-17)26-21(14-18(15-22(26)32)23-8-5-13-33-23)29-27(24)31(30-16)20-6-3-2-4-7-20/h2-13,18,25,29H,14-15H2,1H3/t18-,25-/m0/s1. The summed E-state index contributed by atoms with van der Waals surface area (Å²) in [5, 5.41) is 9.16. The number of furan rings is 1. The van der Waals surface area contributed by atoms with Crippen molar-refractivity contribution < 1.29 is 9.21 Å². The maximum atomic E-state index is 13.6. The Kier molecular flexibility index (Phi) is 4.73. The quantitative estimate of drug-likeness (QED) is 0.389. The van der Waals surface area contributed by atoms with Crippen LogP contribution < -0.4 is 5.32 Å². The Morgan fingerprint density at radius 3 is 2.55 bits per heavy atom. The van der Waals surface area contributed by atoms with E-state index in [4.69, 9.17) is 21.1 Å². The van der Waals surface area contributed by atoms with E-state index in [1.807, 2.05) is 78.3 Å². The molecule has 0 spiro atoms. The van der Waals surface area contributed by atoms with Gasteiger partial charge in [-0.1, -0.05) is 41.9 Å². The monoisotopic (exact) mass is 455 g/mol. The van der Waals surface area contributed by atoms with Crippen molar-refractivity contribution in [1.29, 1.82) is 0 Å². The molecule has 2 aromatic heterocycles. The van der Waals surface area contributed by atoms with Crippen LogP contribution in [0, 0.1) is 6.92 Å². The number of aryl methyl sites for hydroxylation is 1. The van der Waals surface area contributed by atoms with Gasteiger partial charge in [-0.05, 0) is 55.3 Å². The van der Waals surface area contributed by atoms with E-state index in [9.17, 15) is 4.79 Å². The number of allylic oxidation sites excluding steroid dienone is 2. The largest absolute Gasteiger partial charge is 0.469 e. The number of anilines is 1. The second-order valence-corrected chi connectivity index (χ2v) is 9.08. The number of hydrogen-bond donors (Lipinski definition) is 1. The predicted molar refractivity (Wildman–Crippen MR) is 128 cm³/mol. The van der Waals surface area contributed by atoms with Gasteiger partial charge in [-0.3, -0.25) is 4.79 Å². The van der Waals surface area contributed by atoms with Crippen molar-refractivity contribution in [1.82, 2.24) is 9.78 Å². The molecule has 33 heavy (non-hydrogen) atoms. The number of fused-ring (bicyclic) bond motifs is 1.